The summed E-state index contributed by atoms with van der Waals surface area (Å²) in [7, 11) is 0. The van der Waals surface area contributed by atoms with Gasteiger partial charge in [0.15, 0.2) is 0 Å². The molecule has 0 bridgehead atoms. The smallest absolute Gasteiger partial charge is 0.120 e. The molecule has 116 valence electrons. The first kappa shape index (κ1) is 15.6. The van der Waals surface area contributed by atoms with Gasteiger partial charge in [-0.05, 0) is 47.5 Å². The van der Waals surface area contributed by atoms with E-state index in [0.717, 1.165) is 28.0 Å². The average Bonchev–Trinajstić information content (AvgIpc) is 2.61. The molecule has 0 spiro atoms. The Bertz CT molecular complexity index is 741. The second-order valence-electron chi connectivity index (χ2n) is 5.28. The van der Waals surface area contributed by atoms with E-state index < -0.39 is 0 Å². The zero-order chi connectivity index (χ0) is 15.9. The van der Waals surface area contributed by atoms with E-state index in [0.29, 0.717) is 6.61 Å². The van der Waals surface area contributed by atoms with Gasteiger partial charge in [-0.3, -0.25) is 0 Å². The van der Waals surface area contributed by atoms with Crippen LogP contribution in [0.15, 0.2) is 83.3 Å². The standard InChI is InChI=1S/C20H18BrNO/c21-18-11-9-16(10-12-18)15-23-20-8-4-5-17(13-20)14-22-19-6-2-1-3-7-19/h1-13,22H,14-15H2. The summed E-state index contributed by atoms with van der Waals surface area (Å²) < 4.78 is 6.96. The van der Waals surface area contributed by atoms with Crippen molar-refractivity contribution in [3.63, 3.8) is 0 Å². The molecule has 3 aromatic rings. The van der Waals surface area contributed by atoms with Crippen molar-refractivity contribution in [1.29, 1.82) is 0 Å². The lowest BCUT2D eigenvalue weighted by Gasteiger charge is -2.10. The lowest BCUT2D eigenvalue weighted by atomic mass is 10.2. The SMILES string of the molecule is Brc1ccc(COc2cccc(CNc3ccccc3)c2)cc1. The molecule has 0 aliphatic heterocycles. The number of hydrogen-bond donors (Lipinski definition) is 1. The molecule has 2 nitrogen and oxygen atoms in total. The van der Waals surface area contributed by atoms with Crippen molar-refractivity contribution < 1.29 is 4.74 Å². The quantitative estimate of drug-likeness (QED) is 0.608. The van der Waals surface area contributed by atoms with Gasteiger partial charge in [0.1, 0.15) is 12.4 Å². The van der Waals surface area contributed by atoms with Crippen LogP contribution in [-0.2, 0) is 13.2 Å². The van der Waals surface area contributed by atoms with Crippen molar-refractivity contribution in [2.24, 2.45) is 0 Å². The van der Waals surface area contributed by atoms with Gasteiger partial charge in [0.05, 0.1) is 0 Å². The first-order valence-corrected chi connectivity index (χ1v) is 8.34. The molecule has 0 aliphatic carbocycles. The Balaban J connectivity index is 1.57. The van der Waals surface area contributed by atoms with E-state index in [2.05, 4.69) is 57.6 Å². The molecular formula is C20H18BrNO. The normalized spacial score (nSPS) is 10.3. The van der Waals surface area contributed by atoms with Gasteiger partial charge in [-0.15, -0.1) is 0 Å². The predicted octanol–water partition coefficient (Wildman–Crippen LogP) is 5.64. The maximum Gasteiger partial charge on any atom is 0.120 e. The van der Waals surface area contributed by atoms with Gasteiger partial charge in [0, 0.05) is 16.7 Å². The molecule has 3 heteroatoms. The Hall–Kier alpha value is -2.26. The Kier molecular flexibility index (Phi) is 5.33. The van der Waals surface area contributed by atoms with Gasteiger partial charge >= 0.3 is 0 Å². The van der Waals surface area contributed by atoms with Crippen LogP contribution >= 0.6 is 15.9 Å². The zero-order valence-corrected chi connectivity index (χ0v) is 14.3. The number of para-hydroxylation sites is 1. The fourth-order valence-corrected chi connectivity index (χ4v) is 2.52. The molecule has 1 N–H and O–H groups in total. The Morgan fingerprint density at radius 1 is 0.783 bits per heavy atom. The largest absolute Gasteiger partial charge is 0.489 e. The molecule has 0 atom stereocenters. The van der Waals surface area contributed by atoms with Crippen LogP contribution in [0.4, 0.5) is 5.69 Å². The van der Waals surface area contributed by atoms with E-state index in [1.54, 1.807) is 0 Å². The van der Waals surface area contributed by atoms with Crippen molar-refractivity contribution >= 4 is 21.6 Å². The molecule has 0 aromatic heterocycles. The molecule has 0 amide bonds. The minimum absolute atomic E-state index is 0.572. The maximum absolute atomic E-state index is 5.88. The lowest BCUT2D eigenvalue weighted by Crippen LogP contribution is -2.00. The third-order valence-corrected chi connectivity index (χ3v) is 4.02. The van der Waals surface area contributed by atoms with Crippen LogP contribution in [0, 0.1) is 0 Å². The molecule has 0 fully saturated rings. The number of nitrogens with one attached hydrogen (secondary N) is 1. The summed E-state index contributed by atoms with van der Waals surface area (Å²) in [6.45, 7) is 1.35. The number of benzene rings is 3. The Morgan fingerprint density at radius 3 is 2.35 bits per heavy atom. The molecule has 3 aromatic carbocycles. The van der Waals surface area contributed by atoms with Crippen molar-refractivity contribution in [2.45, 2.75) is 13.2 Å². The van der Waals surface area contributed by atoms with Crippen molar-refractivity contribution in [3.05, 3.63) is 94.5 Å². The highest BCUT2D eigenvalue weighted by atomic mass is 79.9. The highest BCUT2D eigenvalue weighted by molar-refractivity contribution is 9.10. The zero-order valence-electron chi connectivity index (χ0n) is 12.7. The molecule has 0 heterocycles. The summed E-state index contributed by atoms with van der Waals surface area (Å²) in [5.41, 5.74) is 3.47. The average molecular weight is 368 g/mol. The van der Waals surface area contributed by atoms with Crippen LogP contribution in [0.3, 0.4) is 0 Å². The first-order chi connectivity index (χ1) is 11.3. The Labute approximate surface area is 145 Å². The van der Waals surface area contributed by atoms with Gasteiger partial charge in [-0.1, -0.05) is 58.4 Å². The van der Waals surface area contributed by atoms with Crippen LogP contribution in [-0.4, -0.2) is 0 Å². The third-order valence-electron chi connectivity index (χ3n) is 3.49. The molecule has 0 radical (unpaired) electrons. The second-order valence-corrected chi connectivity index (χ2v) is 6.20. The maximum atomic E-state index is 5.88. The first-order valence-electron chi connectivity index (χ1n) is 7.55. The van der Waals surface area contributed by atoms with Crippen molar-refractivity contribution in [2.75, 3.05) is 5.32 Å². The van der Waals surface area contributed by atoms with Crippen LogP contribution < -0.4 is 10.1 Å². The van der Waals surface area contributed by atoms with Gasteiger partial charge in [-0.25, -0.2) is 0 Å². The summed E-state index contributed by atoms with van der Waals surface area (Å²) in [4.78, 5) is 0. The third kappa shape index (κ3) is 4.86. The van der Waals surface area contributed by atoms with E-state index in [4.69, 9.17) is 4.74 Å². The van der Waals surface area contributed by atoms with E-state index in [1.165, 1.54) is 5.56 Å². The minimum atomic E-state index is 0.572. The molecule has 0 unspecified atom stereocenters. The molecular weight excluding hydrogens is 350 g/mol. The number of anilines is 1. The number of rotatable bonds is 6. The second kappa shape index (κ2) is 7.84. The molecule has 0 saturated carbocycles. The topological polar surface area (TPSA) is 21.3 Å². The fourth-order valence-electron chi connectivity index (χ4n) is 2.25. The van der Waals surface area contributed by atoms with Gasteiger partial charge in [0.2, 0.25) is 0 Å². The molecule has 0 saturated heterocycles. The van der Waals surface area contributed by atoms with Gasteiger partial charge < -0.3 is 10.1 Å². The summed E-state index contributed by atoms with van der Waals surface area (Å²) in [6.07, 6.45) is 0. The van der Waals surface area contributed by atoms with E-state index >= 15 is 0 Å². The summed E-state index contributed by atoms with van der Waals surface area (Å²) in [6, 6.07) is 26.6. The summed E-state index contributed by atoms with van der Waals surface area (Å²) in [5, 5.41) is 3.41. The van der Waals surface area contributed by atoms with Crippen LogP contribution in [0.2, 0.25) is 0 Å². The van der Waals surface area contributed by atoms with Crippen molar-refractivity contribution in [1.82, 2.24) is 0 Å². The highest BCUT2D eigenvalue weighted by Gasteiger charge is 1.99. The van der Waals surface area contributed by atoms with Crippen LogP contribution in [0.5, 0.6) is 5.75 Å². The Morgan fingerprint density at radius 2 is 1.57 bits per heavy atom. The van der Waals surface area contributed by atoms with E-state index in [1.807, 2.05) is 42.5 Å². The van der Waals surface area contributed by atoms with Crippen molar-refractivity contribution in [3.8, 4) is 5.75 Å². The molecule has 23 heavy (non-hydrogen) atoms. The van der Waals surface area contributed by atoms with Crippen LogP contribution in [0.1, 0.15) is 11.1 Å². The summed E-state index contributed by atoms with van der Waals surface area (Å²) >= 11 is 3.44. The minimum Gasteiger partial charge on any atom is -0.489 e. The van der Waals surface area contributed by atoms with Gasteiger partial charge in [0.25, 0.3) is 0 Å². The van der Waals surface area contributed by atoms with E-state index in [9.17, 15) is 0 Å². The number of ether oxygens (including phenoxy) is 1. The highest BCUT2D eigenvalue weighted by Crippen LogP contribution is 2.17. The van der Waals surface area contributed by atoms with Gasteiger partial charge in [-0.2, -0.15) is 0 Å². The monoisotopic (exact) mass is 367 g/mol. The molecule has 0 aliphatic rings. The van der Waals surface area contributed by atoms with Crippen LogP contribution in [0.25, 0.3) is 0 Å². The lowest BCUT2D eigenvalue weighted by molar-refractivity contribution is 0.306. The number of halogens is 1. The molecule has 3 rings (SSSR count). The predicted molar refractivity (Wildman–Crippen MR) is 98.7 cm³/mol. The fraction of sp³-hybridized carbons (Fsp3) is 0.100. The van der Waals surface area contributed by atoms with E-state index in [-0.39, 0.29) is 0 Å². The summed E-state index contributed by atoms with van der Waals surface area (Å²) in [5.74, 6) is 0.889. The number of hydrogen-bond acceptors (Lipinski definition) is 2.